The Balaban J connectivity index is 1.92. The normalized spacial score (nSPS) is 13.0. The molecule has 144 valence electrons. The van der Waals surface area contributed by atoms with Crippen LogP contribution in [0, 0.1) is 0 Å². The minimum Gasteiger partial charge on any atom is -0.495 e. The van der Waals surface area contributed by atoms with E-state index in [2.05, 4.69) is 15.6 Å². The van der Waals surface area contributed by atoms with Crippen molar-refractivity contribution < 1.29 is 14.3 Å². The molecule has 2 heterocycles. The smallest absolute Gasteiger partial charge is 0.291 e. The van der Waals surface area contributed by atoms with Crippen LogP contribution >= 0.6 is 11.6 Å². The number of rotatable bonds is 6. The Hall–Kier alpha value is -2.54. The fourth-order valence-electron chi connectivity index (χ4n) is 3.18. The molecule has 0 bridgehead atoms. The molecule has 3 rings (SSSR count). The molecule has 2 aromatic rings. The molecule has 0 fully saturated rings. The number of methoxy groups -OCH3 is 1. The van der Waals surface area contributed by atoms with Crippen molar-refractivity contribution in [3.05, 3.63) is 40.4 Å². The molecule has 27 heavy (non-hydrogen) atoms. The summed E-state index contributed by atoms with van der Waals surface area (Å²) < 4.78 is 7.12. The monoisotopic (exact) mass is 390 g/mol. The van der Waals surface area contributed by atoms with Crippen LogP contribution in [0.3, 0.4) is 0 Å². The van der Waals surface area contributed by atoms with Gasteiger partial charge in [-0.15, -0.1) is 0 Å². The topological polar surface area (TPSA) is 85.2 Å². The zero-order valence-electron chi connectivity index (χ0n) is 15.5. The maximum absolute atomic E-state index is 12.9. The predicted molar refractivity (Wildman–Crippen MR) is 104 cm³/mol. The average molecular weight is 391 g/mol. The van der Waals surface area contributed by atoms with Crippen molar-refractivity contribution in [2.75, 3.05) is 19.0 Å². The van der Waals surface area contributed by atoms with Crippen molar-refractivity contribution in [1.29, 1.82) is 0 Å². The first-order chi connectivity index (χ1) is 13.0. The summed E-state index contributed by atoms with van der Waals surface area (Å²) in [6.45, 7) is 3.23. The Labute approximate surface area is 163 Å². The van der Waals surface area contributed by atoms with E-state index in [0.717, 1.165) is 31.4 Å². The van der Waals surface area contributed by atoms with E-state index in [9.17, 15) is 9.59 Å². The highest BCUT2D eigenvalue weighted by atomic mass is 35.5. The number of hydrogen-bond acceptors (Lipinski definition) is 4. The number of anilines is 1. The van der Waals surface area contributed by atoms with E-state index in [1.807, 2.05) is 11.5 Å². The number of benzene rings is 1. The Morgan fingerprint density at radius 3 is 2.85 bits per heavy atom. The molecule has 0 radical (unpaired) electrons. The number of nitrogens with one attached hydrogen (secondary N) is 2. The zero-order chi connectivity index (χ0) is 19.4. The maximum atomic E-state index is 12.9. The first kappa shape index (κ1) is 19.2. The molecule has 7 nitrogen and oxygen atoms in total. The molecule has 1 aromatic heterocycles. The summed E-state index contributed by atoms with van der Waals surface area (Å²) >= 11 is 6.03. The summed E-state index contributed by atoms with van der Waals surface area (Å²) in [5.41, 5.74) is 1.62. The van der Waals surface area contributed by atoms with Crippen LogP contribution in [0.2, 0.25) is 5.02 Å². The molecule has 1 aliphatic heterocycles. The fraction of sp³-hybridized carbons (Fsp3) is 0.421. The SMILES string of the molecule is CCCNC(=O)c1nc(C(=O)Nc2cc(Cl)ccc2OC)n2c1CCCC2. The first-order valence-electron chi connectivity index (χ1n) is 9.07. The summed E-state index contributed by atoms with van der Waals surface area (Å²) in [7, 11) is 1.52. The Morgan fingerprint density at radius 1 is 1.30 bits per heavy atom. The van der Waals surface area contributed by atoms with Gasteiger partial charge in [-0.3, -0.25) is 9.59 Å². The molecule has 2 N–H and O–H groups in total. The van der Waals surface area contributed by atoms with Crippen LogP contribution in [0.5, 0.6) is 5.75 Å². The van der Waals surface area contributed by atoms with Gasteiger partial charge in [0.1, 0.15) is 11.4 Å². The highest BCUT2D eigenvalue weighted by Crippen LogP contribution is 2.29. The van der Waals surface area contributed by atoms with Gasteiger partial charge in [0.05, 0.1) is 18.5 Å². The van der Waals surface area contributed by atoms with E-state index in [1.165, 1.54) is 7.11 Å². The van der Waals surface area contributed by atoms with E-state index in [1.54, 1.807) is 18.2 Å². The largest absolute Gasteiger partial charge is 0.495 e. The number of carbonyl (C=O) groups excluding carboxylic acids is 2. The second-order valence-electron chi connectivity index (χ2n) is 6.39. The Kier molecular flexibility index (Phi) is 6.01. The predicted octanol–water partition coefficient (Wildman–Crippen LogP) is 3.27. The zero-order valence-corrected chi connectivity index (χ0v) is 16.2. The van der Waals surface area contributed by atoms with Crippen LogP contribution in [-0.4, -0.2) is 35.0 Å². The van der Waals surface area contributed by atoms with E-state index in [4.69, 9.17) is 16.3 Å². The van der Waals surface area contributed by atoms with Crippen LogP contribution in [0.15, 0.2) is 18.2 Å². The summed E-state index contributed by atoms with van der Waals surface area (Å²) in [5, 5.41) is 6.13. The molecule has 0 saturated carbocycles. The number of aromatic nitrogens is 2. The summed E-state index contributed by atoms with van der Waals surface area (Å²) in [5.74, 6) is 0.0996. The van der Waals surface area contributed by atoms with E-state index < -0.39 is 5.91 Å². The molecule has 0 atom stereocenters. The van der Waals surface area contributed by atoms with Gasteiger partial charge in [0, 0.05) is 18.1 Å². The van der Waals surface area contributed by atoms with Crippen molar-refractivity contribution in [3.8, 4) is 5.75 Å². The number of fused-ring (bicyclic) bond motifs is 1. The number of amides is 2. The number of ether oxygens (including phenoxy) is 1. The fourth-order valence-corrected chi connectivity index (χ4v) is 3.35. The van der Waals surface area contributed by atoms with Gasteiger partial charge in [0.2, 0.25) is 0 Å². The number of imidazole rings is 1. The maximum Gasteiger partial charge on any atom is 0.291 e. The second kappa shape index (κ2) is 8.43. The van der Waals surface area contributed by atoms with Gasteiger partial charge in [0.15, 0.2) is 5.82 Å². The number of hydrogen-bond donors (Lipinski definition) is 2. The standard InChI is InChI=1S/C19H23ClN4O3/c1-3-9-21-18(25)16-14-6-4-5-10-24(14)17(23-16)19(26)22-13-11-12(20)7-8-15(13)27-2/h7-8,11H,3-6,9-10H2,1-2H3,(H,21,25)(H,22,26). The summed E-state index contributed by atoms with van der Waals surface area (Å²) in [4.78, 5) is 29.7. The van der Waals surface area contributed by atoms with E-state index in [0.29, 0.717) is 35.2 Å². The van der Waals surface area contributed by atoms with Crippen molar-refractivity contribution in [3.63, 3.8) is 0 Å². The number of nitrogens with zero attached hydrogens (tertiary/aromatic N) is 2. The highest BCUT2D eigenvalue weighted by Gasteiger charge is 2.27. The molecule has 0 aliphatic carbocycles. The second-order valence-corrected chi connectivity index (χ2v) is 6.83. The van der Waals surface area contributed by atoms with Crippen LogP contribution in [0.4, 0.5) is 5.69 Å². The minimum absolute atomic E-state index is 0.230. The van der Waals surface area contributed by atoms with Crippen LogP contribution in [0.1, 0.15) is 53.0 Å². The molecule has 0 spiro atoms. The van der Waals surface area contributed by atoms with Gasteiger partial charge in [-0.05, 0) is 43.9 Å². The lowest BCUT2D eigenvalue weighted by Crippen LogP contribution is -2.26. The lowest BCUT2D eigenvalue weighted by atomic mass is 10.1. The van der Waals surface area contributed by atoms with E-state index in [-0.39, 0.29) is 11.7 Å². The average Bonchev–Trinajstić information content (AvgIpc) is 3.06. The number of halogens is 1. The molecular weight excluding hydrogens is 368 g/mol. The molecule has 0 saturated heterocycles. The molecule has 8 heteroatoms. The van der Waals surface area contributed by atoms with Crippen molar-refractivity contribution in [1.82, 2.24) is 14.9 Å². The van der Waals surface area contributed by atoms with Gasteiger partial charge in [-0.1, -0.05) is 18.5 Å². The first-order valence-corrected chi connectivity index (χ1v) is 9.45. The molecule has 0 unspecified atom stereocenters. The lowest BCUT2D eigenvalue weighted by Gasteiger charge is -2.17. The van der Waals surface area contributed by atoms with Gasteiger partial charge in [-0.25, -0.2) is 4.98 Å². The number of carbonyl (C=O) groups is 2. The van der Waals surface area contributed by atoms with Crippen molar-refractivity contribution >= 4 is 29.1 Å². The van der Waals surface area contributed by atoms with Crippen LogP contribution in [0.25, 0.3) is 0 Å². The van der Waals surface area contributed by atoms with E-state index >= 15 is 0 Å². The quantitative estimate of drug-likeness (QED) is 0.792. The minimum atomic E-state index is -0.395. The Morgan fingerprint density at radius 2 is 2.11 bits per heavy atom. The summed E-state index contributed by atoms with van der Waals surface area (Å²) in [6.07, 6.45) is 3.49. The third-order valence-corrected chi connectivity index (χ3v) is 4.72. The molecular formula is C19H23ClN4O3. The van der Waals surface area contributed by atoms with Gasteiger partial charge < -0.3 is 19.9 Å². The van der Waals surface area contributed by atoms with Crippen LogP contribution in [-0.2, 0) is 13.0 Å². The van der Waals surface area contributed by atoms with Gasteiger partial charge in [0.25, 0.3) is 11.8 Å². The third kappa shape index (κ3) is 4.08. The summed E-state index contributed by atoms with van der Waals surface area (Å²) in [6, 6.07) is 4.99. The third-order valence-electron chi connectivity index (χ3n) is 4.48. The Bertz CT molecular complexity index is 863. The van der Waals surface area contributed by atoms with Crippen molar-refractivity contribution in [2.24, 2.45) is 0 Å². The molecule has 1 aliphatic rings. The van der Waals surface area contributed by atoms with Gasteiger partial charge >= 0.3 is 0 Å². The molecule has 1 aromatic carbocycles. The van der Waals surface area contributed by atoms with Crippen LogP contribution < -0.4 is 15.4 Å². The van der Waals surface area contributed by atoms with Gasteiger partial charge in [-0.2, -0.15) is 0 Å². The highest BCUT2D eigenvalue weighted by molar-refractivity contribution is 6.31. The molecule has 2 amide bonds. The lowest BCUT2D eigenvalue weighted by molar-refractivity contribution is 0.0947. The van der Waals surface area contributed by atoms with Crippen molar-refractivity contribution in [2.45, 2.75) is 39.2 Å².